The highest BCUT2D eigenvalue weighted by atomic mass is 32.2. The molecule has 110 valence electrons. The van der Waals surface area contributed by atoms with Gasteiger partial charge < -0.3 is 5.11 Å². The lowest BCUT2D eigenvalue weighted by molar-refractivity contribution is 0.0695. The Bertz CT molecular complexity index is 657. The number of sulfonamides is 1. The monoisotopic (exact) mass is 301 g/mol. The molecule has 1 atom stereocenters. The van der Waals surface area contributed by atoms with Crippen LogP contribution in [-0.2, 0) is 10.0 Å². The molecule has 0 amide bonds. The maximum absolute atomic E-state index is 13.2. The Labute approximate surface area is 117 Å². The van der Waals surface area contributed by atoms with Crippen molar-refractivity contribution < 1.29 is 22.7 Å². The zero-order chi connectivity index (χ0) is 15.1. The summed E-state index contributed by atoms with van der Waals surface area (Å²) in [4.78, 5) is 11.2. The number of aryl methyl sites for hydroxylation is 1. The lowest BCUT2D eigenvalue weighted by atomic mass is 10.0. The Morgan fingerprint density at radius 2 is 2.05 bits per heavy atom. The Kier molecular flexibility index (Phi) is 3.84. The summed E-state index contributed by atoms with van der Waals surface area (Å²) in [7, 11) is -3.85. The Hall–Kier alpha value is -1.47. The van der Waals surface area contributed by atoms with Gasteiger partial charge in [-0.3, -0.25) is 0 Å². The molecule has 1 aromatic carbocycles. The first-order valence-corrected chi connectivity index (χ1v) is 7.67. The van der Waals surface area contributed by atoms with Crippen molar-refractivity contribution in [2.75, 3.05) is 13.1 Å². The largest absolute Gasteiger partial charge is 0.478 e. The second-order valence-electron chi connectivity index (χ2n) is 4.93. The second kappa shape index (κ2) is 5.14. The van der Waals surface area contributed by atoms with Crippen molar-refractivity contribution in [1.82, 2.24) is 4.31 Å². The van der Waals surface area contributed by atoms with Gasteiger partial charge in [-0.15, -0.1) is 0 Å². The SMILES string of the molecule is Cc1ccc(S(=O)(=O)N2CCC(F)C2)c(C)c1C(=O)O. The topological polar surface area (TPSA) is 74.7 Å². The zero-order valence-electron chi connectivity index (χ0n) is 11.3. The first-order chi connectivity index (χ1) is 9.25. The van der Waals surface area contributed by atoms with E-state index in [-0.39, 0.29) is 35.5 Å². The van der Waals surface area contributed by atoms with Crippen LogP contribution in [0.25, 0.3) is 0 Å². The Morgan fingerprint density at radius 3 is 2.55 bits per heavy atom. The Balaban J connectivity index is 2.53. The van der Waals surface area contributed by atoms with Crippen LogP contribution in [0, 0.1) is 13.8 Å². The first-order valence-electron chi connectivity index (χ1n) is 6.23. The number of carboxylic acids is 1. The van der Waals surface area contributed by atoms with Crippen molar-refractivity contribution in [2.24, 2.45) is 0 Å². The molecule has 0 spiro atoms. The van der Waals surface area contributed by atoms with Crippen LogP contribution in [0.15, 0.2) is 17.0 Å². The average Bonchev–Trinajstić information content (AvgIpc) is 2.75. The summed E-state index contributed by atoms with van der Waals surface area (Å²) in [5.41, 5.74) is 0.681. The van der Waals surface area contributed by atoms with E-state index in [1.165, 1.54) is 19.1 Å². The van der Waals surface area contributed by atoms with Crippen molar-refractivity contribution in [2.45, 2.75) is 31.3 Å². The fourth-order valence-electron chi connectivity index (χ4n) is 2.48. The number of aromatic carboxylic acids is 1. The number of hydrogen-bond donors (Lipinski definition) is 1. The van der Waals surface area contributed by atoms with E-state index in [0.717, 1.165) is 4.31 Å². The number of rotatable bonds is 3. The summed E-state index contributed by atoms with van der Waals surface area (Å²) in [5.74, 6) is -1.16. The van der Waals surface area contributed by atoms with Crippen LogP contribution in [0.2, 0.25) is 0 Å². The van der Waals surface area contributed by atoms with E-state index in [2.05, 4.69) is 0 Å². The van der Waals surface area contributed by atoms with Crippen LogP contribution in [0.5, 0.6) is 0 Å². The molecule has 0 radical (unpaired) electrons. The molecule has 1 aliphatic rings. The van der Waals surface area contributed by atoms with Gasteiger partial charge in [0.25, 0.3) is 0 Å². The quantitative estimate of drug-likeness (QED) is 0.922. The molecule has 1 N–H and O–H groups in total. The summed E-state index contributed by atoms with van der Waals surface area (Å²) >= 11 is 0. The minimum atomic E-state index is -3.85. The maximum Gasteiger partial charge on any atom is 0.336 e. The molecular weight excluding hydrogens is 285 g/mol. The van der Waals surface area contributed by atoms with E-state index in [9.17, 15) is 22.7 Å². The van der Waals surface area contributed by atoms with E-state index in [0.29, 0.717) is 5.56 Å². The van der Waals surface area contributed by atoms with E-state index < -0.39 is 22.2 Å². The van der Waals surface area contributed by atoms with E-state index in [4.69, 9.17) is 0 Å². The van der Waals surface area contributed by atoms with E-state index >= 15 is 0 Å². The lowest BCUT2D eigenvalue weighted by Gasteiger charge is -2.18. The number of hydrogen-bond acceptors (Lipinski definition) is 3. The van der Waals surface area contributed by atoms with Gasteiger partial charge in [-0.1, -0.05) is 6.07 Å². The summed E-state index contributed by atoms with van der Waals surface area (Å²) in [6.45, 7) is 3.03. The third-order valence-electron chi connectivity index (χ3n) is 3.55. The molecule has 1 saturated heterocycles. The zero-order valence-corrected chi connectivity index (χ0v) is 12.1. The molecule has 0 saturated carbocycles. The van der Waals surface area contributed by atoms with Gasteiger partial charge in [0.15, 0.2) is 0 Å². The van der Waals surface area contributed by atoms with Gasteiger partial charge in [-0.2, -0.15) is 4.31 Å². The number of alkyl halides is 1. The van der Waals surface area contributed by atoms with Gasteiger partial charge in [-0.25, -0.2) is 17.6 Å². The molecule has 2 rings (SSSR count). The first kappa shape index (κ1) is 14.9. The molecule has 1 unspecified atom stereocenters. The maximum atomic E-state index is 13.2. The predicted molar refractivity (Wildman–Crippen MR) is 71.1 cm³/mol. The van der Waals surface area contributed by atoms with Gasteiger partial charge in [0.2, 0.25) is 10.0 Å². The summed E-state index contributed by atoms with van der Waals surface area (Å²) < 4.78 is 39.2. The third-order valence-corrected chi connectivity index (χ3v) is 5.56. The molecule has 1 heterocycles. The molecule has 1 fully saturated rings. The summed E-state index contributed by atoms with van der Waals surface area (Å²) in [6.07, 6.45) is -0.981. The minimum Gasteiger partial charge on any atom is -0.478 e. The van der Waals surface area contributed by atoms with Crippen molar-refractivity contribution in [1.29, 1.82) is 0 Å². The van der Waals surface area contributed by atoms with Crippen LogP contribution in [0.1, 0.15) is 27.9 Å². The highest BCUT2D eigenvalue weighted by molar-refractivity contribution is 7.89. The smallest absolute Gasteiger partial charge is 0.336 e. The Morgan fingerprint density at radius 1 is 1.40 bits per heavy atom. The van der Waals surface area contributed by atoms with Gasteiger partial charge >= 0.3 is 5.97 Å². The molecule has 20 heavy (non-hydrogen) atoms. The average molecular weight is 301 g/mol. The number of halogens is 1. The normalized spacial score (nSPS) is 20.2. The lowest BCUT2D eigenvalue weighted by Crippen LogP contribution is -2.30. The van der Waals surface area contributed by atoms with Gasteiger partial charge in [0, 0.05) is 13.1 Å². The molecule has 0 bridgehead atoms. The van der Waals surface area contributed by atoms with E-state index in [1.807, 2.05) is 0 Å². The summed E-state index contributed by atoms with van der Waals surface area (Å²) in [6, 6.07) is 2.85. The van der Waals surface area contributed by atoms with Gasteiger partial charge in [0.05, 0.1) is 10.5 Å². The molecule has 1 aliphatic heterocycles. The molecule has 0 aromatic heterocycles. The number of carbonyl (C=O) groups is 1. The van der Waals surface area contributed by atoms with Gasteiger partial charge in [0.1, 0.15) is 6.17 Å². The standard InChI is InChI=1S/C13H16FNO4S/c1-8-3-4-11(9(2)12(8)13(16)17)20(18,19)15-6-5-10(14)7-15/h3-4,10H,5-7H2,1-2H3,(H,16,17). The third kappa shape index (κ3) is 2.43. The van der Waals surface area contributed by atoms with Crippen LogP contribution < -0.4 is 0 Å². The number of carboxylic acid groups (broad SMARTS) is 1. The van der Waals surface area contributed by atoms with Crippen LogP contribution in [0.4, 0.5) is 4.39 Å². The highest BCUT2D eigenvalue weighted by Crippen LogP contribution is 2.28. The van der Waals surface area contributed by atoms with Crippen molar-refractivity contribution in [3.8, 4) is 0 Å². The minimum absolute atomic E-state index is 0.0120. The van der Waals surface area contributed by atoms with Crippen LogP contribution >= 0.6 is 0 Å². The van der Waals surface area contributed by atoms with Crippen molar-refractivity contribution in [3.63, 3.8) is 0 Å². The van der Waals surface area contributed by atoms with Crippen LogP contribution in [-0.4, -0.2) is 43.1 Å². The van der Waals surface area contributed by atoms with Crippen molar-refractivity contribution in [3.05, 3.63) is 28.8 Å². The van der Waals surface area contributed by atoms with Crippen LogP contribution in [0.3, 0.4) is 0 Å². The van der Waals surface area contributed by atoms with E-state index in [1.54, 1.807) is 6.92 Å². The fourth-order valence-corrected chi connectivity index (χ4v) is 4.19. The highest BCUT2D eigenvalue weighted by Gasteiger charge is 2.34. The molecule has 5 nitrogen and oxygen atoms in total. The molecule has 1 aromatic rings. The number of benzene rings is 1. The predicted octanol–water partition coefficient (Wildman–Crippen LogP) is 1.73. The molecule has 7 heteroatoms. The molecule has 0 aliphatic carbocycles. The van der Waals surface area contributed by atoms with Crippen molar-refractivity contribution >= 4 is 16.0 Å². The number of nitrogens with zero attached hydrogens (tertiary/aromatic N) is 1. The van der Waals surface area contributed by atoms with Gasteiger partial charge in [-0.05, 0) is 37.5 Å². The fraction of sp³-hybridized carbons (Fsp3) is 0.462. The second-order valence-corrected chi connectivity index (χ2v) is 6.84. The summed E-state index contributed by atoms with van der Waals surface area (Å²) in [5, 5.41) is 9.18. The molecular formula is C13H16FNO4S.